The van der Waals surface area contributed by atoms with Gasteiger partial charge in [-0.25, -0.2) is 0 Å². The van der Waals surface area contributed by atoms with Crippen LogP contribution in [-0.2, 0) is 13.1 Å². The molecular weight excluding hydrogens is 352 g/mol. The first-order valence-corrected chi connectivity index (χ1v) is 9.66. The van der Waals surface area contributed by atoms with Crippen LogP contribution in [0, 0.1) is 6.92 Å². The van der Waals surface area contributed by atoms with Crippen LogP contribution in [0.4, 0.5) is 5.69 Å². The lowest BCUT2D eigenvalue weighted by Crippen LogP contribution is -2.33. The van der Waals surface area contributed by atoms with Crippen LogP contribution in [0.25, 0.3) is 0 Å². The van der Waals surface area contributed by atoms with Gasteiger partial charge in [0.25, 0.3) is 0 Å². The summed E-state index contributed by atoms with van der Waals surface area (Å²) < 4.78 is 5.54. The normalized spacial score (nSPS) is 10.8. The van der Waals surface area contributed by atoms with Gasteiger partial charge in [0.2, 0.25) is 0 Å². The van der Waals surface area contributed by atoms with Crippen LogP contribution >= 0.6 is 12.2 Å². The van der Waals surface area contributed by atoms with E-state index in [1.54, 1.807) is 6.26 Å². The maximum absolute atomic E-state index is 5.71. The molecule has 0 aliphatic rings. The smallest absolute Gasteiger partial charge is 0.174 e. The lowest BCUT2D eigenvalue weighted by molar-refractivity contribution is 0.360. The van der Waals surface area contributed by atoms with E-state index in [4.69, 9.17) is 16.6 Å². The van der Waals surface area contributed by atoms with E-state index in [0.717, 1.165) is 18.0 Å². The molecule has 4 heteroatoms. The molecule has 140 valence electrons. The van der Waals surface area contributed by atoms with Gasteiger partial charge in [-0.2, -0.15) is 0 Å². The Morgan fingerprint density at radius 1 is 1.04 bits per heavy atom. The van der Waals surface area contributed by atoms with Crippen molar-refractivity contribution in [2.45, 2.75) is 39.8 Å². The molecule has 0 amide bonds. The topological polar surface area (TPSA) is 28.4 Å². The highest BCUT2D eigenvalue weighted by atomic mass is 32.1. The summed E-state index contributed by atoms with van der Waals surface area (Å²) >= 11 is 5.71. The Morgan fingerprint density at radius 3 is 2.44 bits per heavy atom. The number of aryl methyl sites for hydroxylation is 1. The highest BCUT2D eigenvalue weighted by Crippen LogP contribution is 2.18. The van der Waals surface area contributed by atoms with Crippen LogP contribution in [-0.4, -0.2) is 10.0 Å². The molecule has 0 fully saturated rings. The van der Waals surface area contributed by atoms with E-state index in [0.29, 0.717) is 17.6 Å². The van der Waals surface area contributed by atoms with E-state index >= 15 is 0 Å². The van der Waals surface area contributed by atoms with Gasteiger partial charge in [0.1, 0.15) is 5.76 Å². The van der Waals surface area contributed by atoms with Crippen LogP contribution in [0.5, 0.6) is 0 Å². The molecule has 0 atom stereocenters. The number of rotatable bonds is 6. The van der Waals surface area contributed by atoms with E-state index in [1.165, 1.54) is 16.7 Å². The average Bonchev–Trinajstić information content (AvgIpc) is 3.15. The number of benzene rings is 2. The second kappa shape index (κ2) is 8.87. The van der Waals surface area contributed by atoms with Crippen molar-refractivity contribution in [1.29, 1.82) is 0 Å². The minimum Gasteiger partial charge on any atom is -0.467 e. The lowest BCUT2D eigenvalue weighted by Gasteiger charge is -2.25. The van der Waals surface area contributed by atoms with E-state index in [9.17, 15) is 0 Å². The molecule has 1 heterocycles. The zero-order valence-corrected chi connectivity index (χ0v) is 16.9. The number of furan rings is 1. The molecule has 1 aromatic heterocycles. The summed E-state index contributed by atoms with van der Waals surface area (Å²) in [6.45, 7) is 7.83. The van der Waals surface area contributed by atoms with Gasteiger partial charge in [-0.3, -0.25) is 0 Å². The second-order valence-electron chi connectivity index (χ2n) is 7.13. The third-order valence-corrected chi connectivity index (χ3v) is 4.86. The summed E-state index contributed by atoms with van der Waals surface area (Å²) in [6, 6.07) is 20.9. The van der Waals surface area contributed by atoms with Crippen LogP contribution in [0.1, 0.15) is 42.2 Å². The monoisotopic (exact) mass is 378 g/mol. The molecule has 0 saturated carbocycles. The quantitative estimate of drug-likeness (QED) is 0.524. The predicted octanol–water partition coefficient (Wildman–Crippen LogP) is 6.11. The summed E-state index contributed by atoms with van der Waals surface area (Å²) in [5, 5.41) is 4.05. The Hall–Kier alpha value is -2.59. The first kappa shape index (κ1) is 19.2. The number of thiocarbonyl (C=S) groups is 1. The van der Waals surface area contributed by atoms with Gasteiger partial charge in [-0.05, 0) is 66.0 Å². The summed E-state index contributed by atoms with van der Waals surface area (Å²) in [5.74, 6) is 1.42. The molecule has 3 aromatic rings. The van der Waals surface area contributed by atoms with Gasteiger partial charge in [0.05, 0.1) is 12.8 Å². The minimum atomic E-state index is 0.530. The molecule has 0 aliphatic carbocycles. The molecule has 3 rings (SSSR count). The fourth-order valence-electron chi connectivity index (χ4n) is 2.94. The Balaban J connectivity index is 1.76. The van der Waals surface area contributed by atoms with Crippen molar-refractivity contribution >= 4 is 23.0 Å². The fraction of sp³-hybridized carbons (Fsp3) is 0.261. The van der Waals surface area contributed by atoms with E-state index in [1.807, 2.05) is 24.3 Å². The van der Waals surface area contributed by atoms with Crippen molar-refractivity contribution in [1.82, 2.24) is 4.90 Å². The van der Waals surface area contributed by atoms with Crippen molar-refractivity contribution in [2.24, 2.45) is 0 Å². The third kappa shape index (κ3) is 5.44. The Labute approximate surface area is 167 Å². The summed E-state index contributed by atoms with van der Waals surface area (Å²) in [4.78, 5) is 2.13. The van der Waals surface area contributed by atoms with Crippen molar-refractivity contribution in [3.63, 3.8) is 0 Å². The van der Waals surface area contributed by atoms with E-state index < -0.39 is 0 Å². The molecule has 0 unspecified atom stereocenters. The molecule has 1 N–H and O–H groups in total. The molecular formula is C23H26N2OS. The largest absolute Gasteiger partial charge is 0.467 e. The number of anilines is 1. The third-order valence-electron chi connectivity index (χ3n) is 4.50. The van der Waals surface area contributed by atoms with Gasteiger partial charge in [-0.1, -0.05) is 50.2 Å². The summed E-state index contributed by atoms with van der Waals surface area (Å²) in [6.07, 6.45) is 1.70. The fourth-order valence-corrected chi connectivity index (χ4v) is 3.19. The van der Waals surface area contributed by atoms with Crippen LogP contribution in [0.15, 0.2) is 71.3 Å². The zero-order chi connectivity index (χ0) is 19.2. The van der Waals surface area contributed by atoms with Gasteiger partial charge >= 0.3 is 0 Å². The Kier molecular flexibility index (Phi) is 6.30. The zero-order valence-electron chi connectivity index (χ0n) is 16.1. The summed E-state index contributed by atoms with van der Waals surface area (Å²) in [7, 11) is 0. The number of nitrogens with one attached hydrogen (secondary N) is 1. The van der Waals surface area contributed by atoms with Crippen molar-refractivity contribution < 1.29 is 4.42 Å². The lowest BCUT2D eigenvalue weighted by atomic mass is 10.0. The molecule has 0 spiro atoms. The van der Waals surface area contributed by atoms with Crippen molar-refractivity contribution in [2.75, 3.05) is 5.32 Å². The number of hydrogen-bond acceptors (Lipinski definition) is 2. The highest BCUT2D eigenvalue weighted by molar-refractivity contribution is 7.80. The molecule has 0 aliphatic heterocycles. The second-order valence-corrected chi connectivity index (χ2v) is 7.52. The minimum absolute atomic E-state index is 0.530. The van der Waals surface area contributed by atoms with E-state index in [2.05, 4.69) is 67.4 Å². The molecule has 27 heavy (non-hydrogen) atoms. The summed E-state index contributed by atoms with van der Waals surface area (Å²) in [5.41, 5.74) is 4.76. The molecule has 0 bridgehead atoms. The molecule has 0 saturated heterocycles. The highest BCUT2D eigenvalue weighted by Gasteiger charge is 2.13. The van der Waals surface area contributed by atoms with Gasteiger partial charge < -0.3 is 14.6 Å². The van der Waals surface area contributed by atoms with Gasteiger partial charge in [0.15, 0.2) is 5.11 Å². The first-order chi connectivity index (χ1) is 13.0. The molecule has 0 radical (unpaired) electrons. The van der Waals surface area contributed by atoms with Crippen molar-refractivity contribution in [3.05, 3.63) is 89.4 Å². The standard InChI is InChI=1S/C23H26N2OS/c1-17(2)20-11-9-19(10-12-20)15-25(16-22-8-5-13-26-22)23(27)24-21-7-4-6-18(3)14-21/h4-14,17H,15-16H2,1-3H3,(H,24,27). The molecule has 3 nitrogen and oxygen atoms in total. The van der Waals surface area contributed by atoms with Gasteiger partial charge in [0, 0.05) is 12.2 Å². The van der Waals surface area contributed by atoms with Gasteiger partial charge in [-0.15, -0.1) is 0 Å². The average molecular weight is 379 g/mol. The molecule has 2 aromatic carbocycles. The van der Waals surface area contributed by atoms with Crippen LogP contribution < -0.4 is 5.32 Å². The Bertz CT molecular complexity index is 870. The Morgan fingerprint density at radius 2 is 1.81 bits per heavy atom. The van der Waals surface area contributed by atoms with Crippen molar-refractivity contribution in [3.8, 4) is 0 Å². The first-order valence-electron chi connectivity index (χ1n) is 9.25. The maximum Gasteiger partial charge on any atom is 0.174 e. The van der Waals surface area contributed by atoms with Crippen LogP contribution in [0.2, 0.25) is 0 Å². The number of hydrogen-bond donors (Lipinski definition) is 1. The SMILES string of the molecule is Cc1cccc(NC(=S)N(Cc2ccc(C(C)C)cc2)Cc2ccco2)c1. The van der Waals surface area contributed by atoms with Crippen LogP contribution in [0.3, 0.4) is 0 Å². The van der Waals surface area contributed by atoms with E-state index in [-0.39, 0.29) is 0 Å². The number of nitrogens with zero attached hydrogens (tertiary/aromatic N) is 1. The maximum atomic E-state index is 5.71. The predicted molar refractivity (Wildman–Crippen MR) is 116 cm³/mol.